The largest absolute Gasteiger partial charge is 0.141 e. The smallest absolute Gasteiger partial charge is 0.0267 e. The van der Waals surface area contributed by atoms with E-state index in [-0.39, 0.29) is 0 Å². The summed E-state index contributed by atoms with van der Waals surface area (Å²) in [5, 5.41) is 0. The summed E-state index contributed by atoms with van der Waals surface area (Å²) in [5.74, 6) is 0.756. The molecular weight excluding hydrogens is 152 g/mol. The third-order valence-electron chi connectivity index (χ3n) is 1.49. The maximum atomic E-state index is 3.73. The summed E-state index contributed by atoms with van der Waals surface area (Å²) >= 11 is 1.84. The van der Waals surface area contributed by atoms with Gasteiger partial charge in [-0.05, 0) is 24.5 Å². The highest BCUT2D eigenvalue weighted by Crippen LogP contribution is 2.20. The second-order valence-corrected chi connectivity index (χ2v) is 4.31. The van der Waals surface area contributed by atoms with Crippen LogP contribution < -0.4 is 0 Å². The Hall–Kier alpha value is -0.560. The van der Waals surface area contributed by atoms with E-state index in [2.05, 4.69) is 32.6 Å². The van der Waals surface area contributed by atoms with Crippen LogP contribution in [0, 0.1) is 5.92 Å². The second-order valence-electron chi connectivity index (χ2n) is 3.11. The van der Waals surface area contributed by atoms with Gasteiger partial charge in [0.25, 0.3) is 0 Å². The molecule has 0 amide bonds. The van der Waals surface area contributed by atoms with Crippen molar-refractivity contribution in [2.24, 2.45) is 5.92 Å². The molecule has 0 aromatic carbocycles. The zero-order valence-corrected chi connectivity index (χ0v) is 7.95. The molecule has 0 bridgehead atoms. The first kappa shape index (κ1) is 8.54. The zero-order chi connectivity index (χ0) is 8.27. The predicted molar refractivity (Wildman–Crippen MR) is 53.0 cm³/mol. The average molecular weight is 166 g/mol. The van der Waals surface area contributed by atoms with E-state index in [1.165, 1.54) is 16.2 Å². The van der Waals surface area contributed by atoms with Gasteiger partial charge in [-0.15, -0.1) is 11.3 Å². The molecule has 1 aromatic heterocycles. The van der Waals surface area contributed by atoms with Gasteiger partial charge >= 0.3 is 0 Å². The average Bonchev–Trinajstić information content (AvgIpc) is 2.34. The van der Waals surface area contributed by atoms with Gasteiger partial charge in [-0.2, -0.15) is 0 Å². The Morgan fingerprint density at radius 2 is 2.27 bits per heavy atom. The normalized spacial score (nSPS) is 10.5. The number of hydrogen-bond acceptors (Lipinski definition) is 1. The fraction of sp³-hybridized carbons (Fsp3) is 0.400. The van der Waals surface area contributed by atoms with Gasteiger partial charge in [0.2, 0.25) is 0 Å². The summed E-state index contributed by atoms with van der Waals surface area (Å²) < 4.78 is 0. The number of hydrogen-bond donors (Lipinski definition) is 0. The number of rotatable bonds is 3. The monoisotopic (exact) mass is 166 g/mol. The Morgan fingerprint density at radius 3 is 2.73 bits per heavy atom. The minimum atomic E-state index is 0.756. The summed E-state index contributed by atoms with van der Waals surface area (Å²) in [4.78, 5) is 2.75. The molecule has 0 radical (unpaired) electrons. The highest BCUT2D eigenvalue weighted by atomic mass is 32.1. The summed E-state index contributed by atoms with van der Waals surface area (Å²) in [6.45, 7) is 8.22. The van der Waals surface area contributed by atoms with Gasteiger partial charge in [-0.1, -0.05) is 26.5 Å². The Kier molecular flexibility index (Phi) is 2.89. The minimum Gasteiger partial charge on any atom is -0.141 e. The van der Waals surface area contributed by atoms with Crippen molar-refractivity contribution in [3.05, 3.63) is 28.5 Å². The van der Waals surface area contributed by atoms with Crippen molar-refractivity contribution in [2.45, 2.75) is 20.3 Å². The SMILES string of the molecule is C=Cc1ccc(CC(C)C)s1. The Labute approximate surface area is 72.6 Å². The van der Waals surface area contributed by atoms with E-state index in [1.54, 1.807) is 0 Å². The molecule has 1 heteroatoms. The van der Waals surface area contributed by atoms with Crippen LogP contribution in [0.5, 0.6) is 0 Å². The Balaban J connectivity index is 2.65. The molecule has 0 N–H and O–H groups in total. The van der Waals surface area contributed by atoms with Crippen LogP contribution in [0.3, 0.4) is 0 Å². The second kappa shape index (κ2) is 3.72. The van der Waals surface area contributed by atoms with Crippen LogP contribution in [-0.2, 0) is 6.42 Å². The van der Waals surface area contributed by atoms with Gasteiger partial charge in [0, 0.05) is 9.75 Å². The summed E-state index contributed by atoms with van der Waals surface area (Å²) in [5.41, 5.74) is 0. The van der Waals surface area contributed by atoms with Gasteiger partial charge in [0.05, 0.1) is 0 Å². The summed E-state index contributed by atoms with van der Waals surface area (Å²) in [7, 11) is 0. The molecule has 0 aliphatic carbocycles. The molecule has 0 aliphatic heterocycles. The molecule has 0 saturated carbocycles. The lowest BCUT2D eigenvalue weighted by Crippen LogP contribution is -1.89. The van der Waals surface area contributed by atoms with Crippen molar-refractivity contribution in [3.63, 3.8) is 0 Å². The number of thiophene rings is 1. The maximum Gasteiger partial charge on any atom is 0.0267 e. The third kappa shape index (κ3) is 2.51. The van der Waals surface area contributed by atoms with Crippen molar-refractivity contribution in [1.82, 2.24) is 0 Å². The lowest BCUT2D eigenvalue weighted by atomic mass is 10.1. The lowest BCUT2D eigenvalue weighted by Gasteiger charge is -1.98. The molecule has 1 rings (SSSR count). The highest BCUT2D eigenvalue weighted by molar-refractivity contribution is 7.12. The van der Waals surface area contributed by atoms with Crippen LogP contribution in [-0.4, -0.2) is 0 Å². The molecule has 0 spiro atoms. The van der Waals surface area contributed by atoms with Crippen molar-refractivity contribution in [3.8, 4) is 0 Å². The summed E-state index contributed by atoms with van der Waals surface area (Å²) in [6.07, 6.45) is 3.10. The fourth-order valence-electron chi connectivity index (χ4n) is 1.02. The quantitative estimate of drug-likeness (QED) is 0.643. The van der Waals surface area contributed by atoms with Crippen molar-refractivity contribution >= 4 is 17.4 Å². The van der Waals surface area contributed by atoms with E-state index in [0.717, 1.165) is 5.92 Å². The van der Waals surface area contributed by atoms with Crippen LogP contribution in [0.15, 0.2) is 18.7 Å². The van der Waals surface area contributed by atoms with E-state index < -0.39 is 0 Å². The molecular formula is C10H14S. The van der Waals surface area contributed by atoms with Crippen LogP contribution in [0.1, 0.15) is 23.6 Å². The Morgan fingerprint density at radius 1 is 1.55 bits per heavy atom. The molecule has 11 heavy (non-hydrogen) atoms. The van der Waals surface area contributed by atoms with Gasteiger partial charge in [-0.3, -0.25) is 0 Å². The first-order chi connectivity index (χ1) is 5.22. The van der Waals surface area contributed by atoms with E-state index in [1.807, 2.05) is 17.4 Å². The molecule has 0 nitrogen and oxygen atoms in total. The van der Waals surface area contributed by atoms with Crippen molar-refractivity contribution in [2.75, 3.05) is 0 Å². The van der Waals surface area contributed by atoms with Gasteiger partial charge < -0.3 is 0 Å². The molecule has 1 aromatic rings. The lowest BCUT2D eigenvalue weighted by molar-refractivity contribution is 0.654. The minimum absolute atomic E-state index is 0.756. The molecule has 0 atom stereocenters. The van der Waals surface area contributed by atoms with Gasteiger partial charge in [0.1, 0.15) is 0 Å². The van der Waals surface area contributed by atoms with Crippen LogP contribution in [0.4, 0.5) is 0 Å². The molecule has 0 saturated heterocycles. The molecule has 0 aliphatic rings. The van der Waals surface area contributed by atoms with Crippen molar-refractivity contribution in [1.29, 1.82) is 0 Å². The highest BCUT2D eigenvalue weighted by Gasteiger charge is 1.99. The molecule has 1 heterocycles. The zero-order valence-electron chi connectivity index (χ0n) is 7.13. The van der Waals surface area contributed by atoms with Crippen LogP contribution >= 0.6 is 11.3 Å². The topological polar surface area (TPSA) is 0 Å². The fourth-order valence-corrected chi connectivity index (χ4v) is 2.09. The van der Waals surface area contributed by atoms with Crippen LogP contribution in [0.2, 0.25) is 0 Å². The van der Waals surface area contributed by atoms with Crippen molar-refractivity contribution < 1.29 is 0 Å². The van der Waals surface area contributed by atoms with Gasteiger partial charge in [0.15, 0.2) is 0 Å². The van der Waals surface area contributed by atoms with E-state index in [4.69, 9.17) is 0 Å². The Bertz CT molecular complexity index is 233. The summed E-state index contributed by atoms with van der Waals surface area (Å²) in [6, 6.07) is 4.33. The van der Waals surface area contributed by atoms with E-state index in [0.29, 0.717) is 0 Å². The third-order valence-corrected chi connectivity index (χ3v) is 2.60. The maximum absolute atomic E-state index is 3.73. The first-order valence-corrected chi connectivity index (χ1v) is 4.75. The standard InChI is InChI=1S/C10H14S/c1-4-9-5-6-10(11-9)7-8(2)3/h4-6,8H,1,7H2,2-3H3. The van der Waals surface area contributed by atoms with Crippen LogP contribution in [0.25, 0.3) is 6.08 Å². The molecule has 0 unspecified atom stereocenters. The molecule has 60 valence electrons. The van der Waals surface area contributed by atoms with Gasteiger partial charge in [-0.25, -0.2) is 0 Å². The molecule has 0 fully saturated rings. The van der Waals surface area contributed by atoms with E-state index in [9.17, 15) is 0 Å². The predicted octanol–water partition coefficient (Wildman–Crippen LogP) is 3.59. The first-order valence-electron chi connectivity index (χ1n) is 3.93. The van der Waals surface area contributed by atoms with E-state index >= 15 is 0 Å².